The summed E-state index contributed by atoms with van der Waals surface area (Å²) in [4.78, 5) is 0. The Bertz CT molecular complexity index is 289. The topological polar surface area (TPSA) is 20.2 Å². The minimum absolute atomic E-state index is 0.528. The SMILES string of the molecule is Cc1ccc2c(c1O)CCC2. The number of phenols is 1. The standard InChI is InChI=1S/C10H12O/c1-7-5-6-8-3-2-4-9(8)10(7)11/h5-6,11H,2-4H2,1H3. The lowest BCUT2D eigenvalue weighted by Gasteiger charge is -2.04. The van der Waals surface area contributed by atoms with Crippen molar-refractivity contribution in [3.05, 3.63) is 28.8 Å². The second-order valence-corrected chi connectivity index (χ2v) is 3.22. The average molecular weight is 148 g/mol. The van der Waals surface area contributed by atoms with Crippen LogP contribution in [0, 0.1) is 6.92 Å². The van der Waals surface area contributed by atoms with Gasteiger partial charge < -0.3 is 5.11 Å². The molecule has 1 heteroatoms. The predicted molar refractivity (Wildman–Crippen MR) is 44.9 cm³/mol. The number of hydrogen-bond donors (Lipinski definition) is 1. The fraction of sp³-hybridized carbons (Fsp3) is 0.400. The molecule has 0 atom stereocenters. The van der Waals surface area contributed by atoms with Crippen LogP contribution >= 0.6 is 0 Å². The van der Waals surface area contributed by atoms with Gasteiger partial charge in [-0.05, 0) is 42.9 Å². The van der Waals surface area contributed by atoms with Gasteiger partial charge in [0.15, 0.2) is 0 Å². The summed E-state index contributed by atoms with van der Waals surface area (Å²) in [6, 6.07) is 4.14. The van der Waals surface area contributed by atoms with Gasteiger partial charge in [-0.25, -0.2) is 0 Å². The molecule has 1 aliphatic rings. The summed E-state index contributed by atoms with van der Waals surface area (Å²) >= 11 is 0. The molecule has 58 valence electrons. The Labute approximate surface area is 66.7 Å². The molecule has 0 spiro atoms. The third-order valence-electron chi connectivity index (χ3n) is 2.45. The molecule has 0 bridgehead atoms. The quantitative estimate of drug-likeness (QED) is 0.598. The number of phenolic OH excluding ortho intramolecular Hbond substituents is 1. The fourth-order valence-corrected chi connectivity index (χ4v) is 1.76. The van der Waals surface area contributed by atoms with Crippen LogP contribution in [0.25, 0.3) is 0 Å². The summed E-state index contributed by atoms with van der Waals surface area (Å²) in [7, 11) is 0. The van der Waals surface area contributed by atoms with E-state index in [-0.39, 0.29) is 0 Å². The highest BCUT2D eigenvalue weighted by molar-refractivity contribution is 5.46. The van der Waals surface area contributed by atoms with Crippen molar-refractivity contribution in [3.63, 3.8) is 0 Å². The molecule has 0 heterocycles. The third kappa shape index (κ3) is 0.917. The highest BCUT2D eigenvalue weighted by Crippen LogP contribution is 2.31. The highest BCUT2D eigenvalue weighted by atomic mass is 16.3. The van der Waals surface area contributed by atoms with E-state index in [9.17, 15) is 5.11 Å². The van der Waals surface area contributed by atoms with Gasteiger partial charge in [-0.1, -0.05) is 12.1 Å². The lowest BCUT2D eigenvalue weighted by molar-refractivity contribution is 0.465. The van der Waals surface area contributed by atoms with Crippen molar-refractivity contribution in [1.82, 2.24) is 0 Å². The first-order chi connectivity index (χ1) is 5.29. The van der Waals surface area contributed by atoms with Crippen LogP contribution in [0.2, 0.25) is 0 Å². The zero-order valence-electron chi connectivity index (χ0n) is 6.72. The van der Waals surface area contributed by atoms with Gasteiger partial charge in [-0.2, -0.15) is 0 Å². The van der Waals surface area contributed by atoms with Crippen LogP contribution in [-0.4, -0.2) is 5.11 Å². The van der Waals surface area contributed by atoms with E-state index < -0.39 is 0 Å². The van der Waals surface area contributed by atoms with E-state index >= 15 is 0 Å². The Hall–Kier alpha value is -0.980. The highest BCUT2D eigenvalue weighted by Gasteiger charge is 2.14. The Balaban J connectivity index is 2.62. The van der Waals surface area contributed by atoms with E-state index in [0.29, 0.717) is 5.75 Å². The van der Waals surface area contributed by atoms with Crippen LogP contribution in [0.4, 0.5) is 0 Å². The van der Waals surface area contributed by atoms with Crippen LogP contribution in [0.1, 0.15) is 23.1 Å². The molecule has 0 unspecified atom stereocenters. The van der Waals surface area contributed by atoms with Crippen LogP contribution in [0.3, 0.4) is 0 Å². The minimum Gasteiger partial charge on any atom is -0.507 e. The number of aromatic hydroxyl groups is 1. The van der Waals surface area contributed by atoms with Crippen molar-refractivity contribution < 1.29 is 5.11 Å². The van der Waals surface area contributed by atoms with E-state index in [4.69, 9.17) is 0 Å². The largest absolute Gasteiger partial charge is 0.507 e. The smallest absolute Gasteiger partial charge is 0.121 e. The van der Waals surface area contributed by atoms with Gasteiger partial charge in [-0.3, -0.25) is 0 Å². The van der Waals surface area contributed by atoms with Crippen molar-refractivity contribution in [1.29, 1.82) is 0 Å². The van der Waals surface area contributed by atoms with Crippen molar-refractivity contribution >= 4 is 0 Å². The molecular weight excluding hydrogens is 136 g/mol. The maximum atomic E-state index is 9.62. The summed E-state index contributed by atoms with van der Waals surface area (Å²) in [5.74, 6) is 0.528. The summed E-state index contributed by atoms with van der Waals surface area (Å²) in [5, 5.41) is 9.62. The van der Waals surface area contributed by atoms with Crippen LogP contribution in [0.15, 0.2) is 12.1 Å². The molecule has 0 saturated carbocycles. The van der Waals surface area contributed by atoms with Gasteiger partial charge in [0.2, 0.25) is 0 Å². The Kier molecular flexibility index (Phi) is 1.38. The summed E-state index contributed by atoms with van der Waals surface area (Å²) in [5.41, 5.74) is 3.53. The van der Waals surface area contributed by atoms with Gasteiger partial charge in [0.1, 0.15) is 5.75 Å². The van der Waals surface area contributed by atoms with Gasteiger partial charge >= 0.3 is 0 Å². The number of benzene rings is 1. The Morgan fingerprint density at radius 3 is 2.91 bits per heavy atom. The lowest BCUT2D eigenvalue weighted by atomic mass is 10.1. The first-order valence-corrected chi connectivity index (χ1v) is 4.09. The number of hydrogen-bond acceptors (Lipinski definition) is 1. The van der Waals surface area contributed by atoms with Gasteiger partial charge in [0.25, 0.3) is 0 Å². The van der Waals surface area contributed by atoms with Crippen LogP contribution in [-0.2, 0) is 12.8 Å². The van der Waals surface area contributed by atoms with Gasteiger partial charge in [-0.15, -0.1) is 0 Å². The molecular formula is C10H12O. The first kappa shape index (κ1) is 6.71. The third-order valence-corrected chi connectivity index (χ3v) is 2.45. The molecule has 0 fully saturated rings. The molecule has 11 heavy (non-hydrogen) atoms. The molecule has 0 radical (unpaired) electrons. The second kappa shape index (κ2) is 2.26. The summed E-state index contributed by atoms with van der Waals surface area (Å²) in [6.45, 7) is 1.95. The minimum atomic E-state index is 0.528. The lowest BCUT2D eigenvalue weighted by Crippen LogP contribution is -1.85. The number of rotatable bonds is 0. The second-order valence-electron chi connectivity index (χ2n) is 3.22. The van der Waals surface area contributed by atoms with Crippen molar-refractivity contribution in [3.8, 4) is 5.75 Å². The molecule has 1 N–H and O–H groups in total. The Morgan fingerprint density at radius 2 is 2.09 bits per heavy atom. The van der Waals surface area contributed by atoms with Crippen molar-refractivity contribution in [2.24, 2.45) is 0 Å². The molecule has 1 aromatic rings. The normalized spacial score (nSPS) is 15.0. The van der Waals surface area contributed by atoms with Crippen molar-refractivity contribution in [2.45, 2.75) is 26.2 Å². The molecule has 0 aromatic heterocycles. The molecule has 2 rings (SSSR count). The van der Waals surface area contributed by atoms with E-state index in [0.717, 1.165) is 18.4 Å². The predicted octanol–water partition coefficient (Wildman–Crippen LogP) is 2.19. The molecule has 0 saturated heterocycles. The average Bonchev–Trinajstić information content (AvgIpc) is 2.45. The summed E-state index contributed by atoms with van der Waals surface area (Å²) < 4.78 is 0. The van der Waals surface area contributed by atoms with Gasteiger partial charge in [0.05, 0.1) is 0 Å². The Morgan fingerprint density at radius 1 is 1.27 bits per heavy atom. The van der Waals surface area contributed by atoms with E-state index in [1.54, 1.807) is 0 Å². The van der Waals surface area contributed by atoms with E-state index in [1.165, 1.54) is 17.5 Å². The maximum absolute atomic E-state index is 9.62. The first-order valence-electron chi connectivity index (χ1n) is 4.09. The molecule has 0 amide bonds. The van der Waals surface area contributed by atoms with E-state index in [2.05, 4.69) is 6.07 Å². The van der Waals surface area contributed by atoms with Crippen molar-refractivity contribution in [2.75, 3.05) is 0 Å². The van der Waals surface area contributed by atoms with Crippen LogP contribution < -0.4 is 0 Å². The fourth-order valence-electron chi connectivity index (χ4n) is 1.76. The molecule has 1 aromatic carbocycles. The molecule has 0 aliphatic heterocycles. The van der Waals surface area contributed by atoms with E-state index in [1.807, 2.05) is 13.0 Å². The monoisotopic (exact) mass is 148 g/mol. The molecule has 1 aliphatic carbocycles. The molecule has 1 nitrogen and oxygen atoms in total. The zero-order chi connectivity index (χ0) is 7.84. The van der Waals surface area contributed by atoms with Gasteiger partial charge in [0, 0.05) is 0 Å². The number of aryl methyl sites for hydroxylation is 2. The zero-order valence-corrected chi connectivity index (χ0v) is 6.72. The summed E-state index contributed by atoms with van der Waals surface area (Å²) in [6.07, 6.45) is 3.40. The number of fused-ring (bicyclic) bond motifs is 1. The maximum Gasteiger partial charge on any atom is 0.121 e. The van der Waals surface area contributed by atoms with Crippen LogP contribution in [0.5, 0.6) is 5.75 Å².